The number of rotatable bonds is 17. The van der Waals surface area contributed by atoms with Crippen LogP contribution in [-0.4, -0.2) is 17.4 Å². The summed E-state index contributed by atoms with van der Waals surface area (Å²) in [6.45, 7) is 11.0. The van der Waals surface area contributed by atoms with Gasteiger partial charge in [0.2, 0.25) is 11.6 Å². The molecule has 0 unspecified atom stereocenters. The lowest BCUT2D eigenvalue weighted by Crippen LogP contribution is -3.00. The van der Waals surface area contributed by atoms with Gasteiger partial charge in [-0.2, -0.15) is 0 Å². The van der Waals surface area contributed by atoms with E-state index in [4.69, 9.17) is 4.74 Å². The van der Waals surface area contributed by atoms with E-state index < -0.39 is 0 Å². The van der Waals surface area contributed by atoms with Gasteiger partial charge >= 0.3 is 0 Å². The number of carbonyl (C=O) groups excluding carboxylic acids is 1. The summed E-state index contributed by atoms with van der Waals surface area (Å²) < 4.78 is 8.20. The Morgan fingerprint density at radius 3 is 2.14 bits per heavy atom. The number of aromatic nitrogens is 1. The number of benzene rings is 1. The quantitative estimate of drug-likeness (QED) is 0.157. The Labute approximate surface area is 231 Å². The van der Waals surface area contributed by atoms with Crippen molar-refractivity contribution in [2.75, 3.05) is 6.61 Å². The van der Waals surface area contributed by atoms with Crippen molar-refractivity contribution in [2.24, 2.45) is 0 Å². The molecule has 5 heteroatoms. The Kier molecular flexibility index (Phi) is 16.7. The van der Waals surface area contributed by atoms with Crippen molar-refractivity contribution in [1.29, 1.82) is 0 Å². The van der Waals surface area contributed by atoms with Crippen LogP contribution >= 0.6 is 0 Å². The molecule has 4 nitrogen and oxygen atoms in total. The lowest BCUT2D eigenvalue weighted by molar-refractivity contribution is -0.701. The van der Waals surface area contributed by atoms with E-state index in [1.165, 1.54) is 68.9 Å². The van der Waals surface area contributed by atoms with Gasteiger partial charge in [-0.25, -0.2) is 4.57 Å². The van der Waals surface area contributed by atoms with Crippen molar-refractivity contribution in [3.05, 3.63) is 59.4 Å². The van der Waals surface area contributed by atoms with E-state index in [-0.39, 0.29) is 29.9 Å². The Hall–Kier alpha value is -1.63. The Morgan fingerprint density at radius 1 is 0.886 bits per heavy atom. The summed E-state index contributed by atoms with van der Waals surface area (Å²) in [6.07, 6.45) is 15.4. The third kappa shape index (κ3) is 12.2. The Bertz CT molecular complexity index is 856. The highest BCUT2D eigenvalue weighted by Crippen LogP contribution is 2.20. The van der Waals surface area contributed by atoms with Gasteiger partial charge in [0, 0.05) is 25.6 Å². The topological polar surface area (TPSA) is 33.4 Å². The Balaban J connectivity index is 0.00000612. The van der Waals surface area contributed by atoms with Crippen LogP contribution in [0.15, 0.2) is 42.6 Å². The molecule has 1 aromatic carbocycles. The third-order valence-corrected chi connectivity index (χ3v) is 6.62. The first-order valence-corrected chi connectivity index (χ1v) is 13.5. The van der Waals surface area contributed by atoms with Crippen LogP contribution < -0.4 is 33.3 Å². The molecule has 0 radical (unpaired) electrons. The number of ether oxygens (including phenoxy) is 1. The fourth-order valence-corrected chi connectivity index (χ4v) is 4.36. The smallest absolute Gasteiger partial charge is 0.220 e. The highest BCUT2D eigenvalue weighted by atomic mass is 127. The van der Waals surface area contributed by atoms with E-state index in [2.05, 4.69) is 49.7 Å². The van der Waals surface area contributed by atoms with Crippen molar-refractivity contribution in [2.45, 2.75) is 112 Å². The van der Waals surface area contributed by atoms with E-state index >= 15 is 0 Å². The average Bonchev–Trinajstić information content (AvgIpc) is 2.83. The predicted octanol–water partition coefficient (Wildman–Crippen LogP) is 4.15. The van der Waals surface area contributed by atoms with E-state index in [0.29, 0.717) is 13.1 Å². The number of hydrogen-bond acceptors (Lipinski definition) is 2. The summed E-state index contributed by atoms with van der Waals surface area (Å²) in [4.78, 5) is 14.3. The fraction of sp³-hybridized carbons (Fsp3) is 0.600. The minimum Gasteiger partial charge on any atom is -1.00 e. The lowest BCUT2D eigenvalue weighted by Gasteiger charge is -2.21. The molecule has 1 aromatic heterocycles. The standard InChI is InChI=1S/C30H47N2O2.HI/c1-5-7-8-9-10-11-12-13-14-17-22-34-30-20-19-28(26(3)23-30)24-32(27(4)33)25-29-18-15-16-21-31(29)6-2;/h15-16,18-21,23H,5-14,17,22,24-25H2,1-4H3;1H/q+1;/p-1. The van der Waals surface area contributed by atoms with Crippen LogP contribution in [0.2, 0.25) is 0 Å². The van der Waals surface area contributed by atoms with Crippen LogP contribution in [0.1, 0.15) is 102 Å². The zero-order chi connectivity index (χ0) is 24.6. The predicted molar refractivity (Wildman–Crippen MR) is 141 cm³/mol. The number of hydrogen-bond donors (Lipinski definition) is 0. The minimum absolute atomic E-state index is 0. The summed E-state index contributed by atoms with van der Waals surface area (Å²) in [5, 5.41) is 0. The van der Waals surface area contributed by atoms with E-state index in [1.807, 2.05) is 23.1 Å². The molecule has 1 heterocycles. The molecule has 0 aliphatic carbocycles. The number of unbranched alkanes of at least 4 members (excludes halogenated alkanes) is 9. The molecule has 0 fully saturated rings. The molecule has 0 spiro atoms. The molecule has 196 valence electrons. The summed E-state index contributed by atoms with van der Waals surface area (Å²) >= 11 is 0. The minimum atomic E-state index is 0. The first-order chi connectivity index (χ1) is 16.5. The van der Waals surface area contributed by atoms with Gasteiger partial charge in [0.25, 0.3) is 0 Å². The SMILES string of the molecule is CCCCCCCCCCCCOc1ccc(CN(Cc2cccc[n+]2CC)C(C)=O)c(C)c1.[I-]. The van der Waals surface area contributed by atoms with Crippen LogP contribution in [-0.2, 0) is 24.4 Å². The van der Waals surface area contributed by atoms with Crippen molar-refractivity contribution in [3.8, 4) is 5.75 Å². The van der Waals surface area contributed by atoms with Crippen LogP contribution in [0.4, 0.5) is 0 Å². The normalized spacial score (nSPS) is 10.6. The molecule has 35 heavy (non-hydrogen) atoms. The fourth-order valence-electron chi connectivity index (χ4n) is 4.36. The van der Waals surface area contributed by atoms with Gasteiger partial charge in [-0.3, -0.25) is 4.79 Å². The molecule has 2 rings (SSSR count). The van der Waals surface area contributed by atoms with Crippen LogP contribution in [0.3, 0.4) is 0 Å². The summed E-state index contributed by atoms with van der Waals surface area (Å²) in [6, 6.07) is 12.4. The number of amides is 1. The summed E-state index contributed by atoms with van der Waals surface area (Å²) in [7, 11) is 0. The molecule has 0 bridgehead atoms. The first-order valence-electron chi connectivity index (χ1n) is 13.5. The van der Waals surface area contributed by atoms with Crippen molar-refractivity contribution < 1.29 is 38.1 Å². The number of aryl methyl sites for hydroxylation is 2. The van der Waals surface area contributed by atoms with Crippen LogP contribution in [0.5, 0.6) is 5.75 Å². The Morgan fingerprint density at radius 2 is 1.54 bits per heavy atom. The maximum absolute atomic E-state index is 12.4. The number of halogens is 1. The molecule has 0 N–H and O–H groups in total. The van der Waals surface area contributed by atoms with Crippen LogP contribution in [0.25, 0.3) is 0 Å². The van der Waals surface area contributed by atoms with Gasteiger partial charge in [-0.15, -0.1) is 0 Å². The molecule has 2 aromatic rings. The first kappa shape index (κ1) is 31.4. The van der Waals surface area contributed by atoms with Gasteiger partial charge < -0.3 is 33.6 Å². The monoisotopic (exact) mass is 594 g/mol. The van der Waals surface area contributed by atoms with Crippen molar-refractivity contribution in [3.63, 3.8) is 0 Å². The van der Waals surface area contributed by atoms with Crippen LogP contribution in [0, 0.1) is 6.92 Å². The molecule has 0 saturated heterocycles. The van der Waals surface area contributed by atoms with E-state index in [0.717, 1.165) is 31.0 Å². The maximum atomic E-state index is 12.4. The van der Waals surface area contributed by atoms with Gasteiger partial charge in [-0.1, -0.05) is 76.8 Å². The lowest BCUT2D eigenvalue weighted by atomic mass is 10.1. The highest BCUT2D eigenvalue weighted by Gasteiger charge is 2.17. The van der Waals surface area contributed by atoms with E-state index in [9.17, 15) is 4.79 Å². The second-order valence-electron chi connectivity index (χ2n) is 9.47. The second kappa shape index (κ2) is 18.6. The number of carbonyl (C=O) groups is 1. The number of nitrogens with zero attached hydrogens (tertiary/aromatic N) is 2. The molecule has 0 saturated carbocycles. The molecule has 0 atom stereocenters. The van der Waals surface area contributed by atoms with Gasteiger partial charge in [0.15, 0.2) is 6.20 Å². The second-order valence-corrected chi connectivity index (χ2v) is 9.47. The van der Waals surface area contributed by atoms with Gasteiger partial charge in [-0.05, 0) is 43.5 Å². The molecule has 1 amide bonds. The number of pyridine rings is 1. The summed E-state index contributed by atoms with van der Waals surface area (Å²) in [5.41, 5.74) is 3.48. The zero-order valence-corrected chi connectivity index (χ0v) is 24.7. The largest absolute Gasteiger partial charge is 1.00 e. The summed E-state index contributed by atoms with van der Waals surface area (Å²) in [5.74, 6) is 1.02. The third-order valence-electron chi connectivity index (χ3n) is 6.62. The molecular formula is C30H47IN2O2. The van der Waals surface area contributed by atoms with E-state index in [1.54, 1.807) is 6.92 Å². The molecular weight excluding hydrogens is 547 g/mol. The van der Waals surface area contributed by atoms with Crippen molar-refractivity contribution in [1.82, 2.24) is 4.90 Å². The van der Waals surface area contributed by atoms with Gasteiger partial charge in [0.1, 0.15) is 18.8 Å². The molecule has 0 aliphatic rings. The maximum Gasteiger partial charge on any atom is 0.220 e. The van der Waals surface area contributed by atoms with Gasteiger partial charge in [0.05, 0.1) is 6.61 Å². The average molecular weight is 595 g/mol. The zero-order valence-electron chi connectivity index (χ0n) is 22.5. The molecule has 0 aliphatic heterocycles. The highest BCUT2D eigenvalue weighted by molar-refractivity contribution is 5.73. The van der Waals surface area contributed by atoms with Crippen molar-refractivity contribution >= 4 is 5.91 Å².